The SMILES string of the molecule is C[n+]1cc[nH]c1.[Cl][Al-]([Cl])([Cl])[Cl]. The van der Waals surface area contributed by atoms with Gasteiger partial charge in [-0.3, -0.25) is 4.98 Å². The summed E-state index contributed by atoms with van der Waals surface area (Å²) in [5.74, 6) is 0. The van der Waals surface area contributed by atoms with E-state index in [-0.39, 0.29) is 0 Å². The number of H-pyrrole nitrogens is 1. The Morgan fingerprint density at radius 3 is 1.82 bits per heavy atom. The molecule has 0 saturated heterocycles. The van der Waals surface area contributed by atoms with E-state index in [1.54, 1.807) is 0 Å². The molecule has 0 bridgehead atoms. The molecule has 1 heterocycles. The van der Waals surface area contributed by atoms with Gasteiger partial charge in [0.05, 0.1) is 7.05 Å². The van der Waals surface area contributed by atoms with E-state index in [2.05, 4.69) is 4.98 Å². The fourth-order valence-electron chi connectivity index (χ4n) is 0.364. The number of halogens is 4. The molecule has 0 aliphatic carbocycles. The van der Waals surface area contributed by atoms with Gasteiger partial charge in [-0.15, -0.1) is 0 Å². The summed E-state index contributed by atoms with van der Waals surface area (Å²) in [6.07, 6.45) is 5.69. The van der Waals surface area contributed by atoms with E-state index in [0.29, 0.717) is 0 Å². The number of hydrogen-bond donors (Lipinski definition) is 1. The second-order valence-electron chi connectivity index (χ2n) is 1.77. The smallest absolute Gasteiger partial charge is 0.391 e. The maximum absolute atomic E-state index is 4.99. The van der Waals surface area contributed by atoms with E-state index in [4.69, 9.17) is 40.2 Å². The summed E-state index contributed by atoms with van der Waals surface area (Å²) in [6, 6.07) is 0. The van der Waals surface area contributed by atoms with Crippen LogP contribution >= 0.6 is 40.2 Å². The number of nitrogens with one attached hydrogen (secondary N) is 1. The second-order valence-corrected chi connectivity index (χ2v) is 14.6. The highest BCUT2D eigenvalue weighted by molar-refractivity contribution is 7.81. The van der Waals surface area contributed by atoms with Crippen molar-refractivity contribution in [3.63, 3.8) is 0 Å². The molecule has 64 valence electrons. The summed E-state index contributed by atoms with van der Waals surface area (Å²) in [5, 5.41) is 0. The molecule has 1 aromatic heterocycles. The summed E-state index contributed by atoms with van der Waals surface area (Å²) in [4.78, 5) is 2.89. The normalized spacial score (nSPS) is 10.3. The van der Waals surface area contributed by atoms with Crippen LogP contribution in [0.15, 0.2) is 18.7 Å². The van der Waals surface area contributed by atoms with Crippen LogP contribution in [0.1, 0.15) is 0 Å². The molecule has 0 aliphatic heterocycles. The predicted molar refractivity (Wildman–Crippen MR) is 51.1 cm³/mol. The molecule has 7 heteroatoms. The van der Waals surface area contributed by atoms with Crippen molar-refractivity contribution >= 4 is 49.6 Å². The molecule has 0 aliphatic rings. The summed E-state index contributed by atoms with van der Waals surface area (Å²) in [6.45, 7) is 0. The Hall–Kier alpha value is 0.902. The van der Waals surface area contributed by atoms with Crippen molar-refractivity contribution in [2.45, 2.75) is 0 Å². The first-order valence-corrected chi connectivity index (χ1v) is 9.73. The Morgan fingerprint density at radius 1 is 1.27 bits per heavy atom. The molecule has 1 rings (SSSR count). The first-order valence-electron chi connectivity index (χ1n) is 2.75. The molecule has 0 fully saturated rings. The largest absolute Gasteiger partial charge is 0.564 e. The van der Waals surface area contributed by atoms with Crippen LogP contribution < -0.4 is 4.57 Å². The maximum Gasteiger partial charge on any atom is 0.564 e. The molecule has 1 N–H and O–H groups in total. The Balaban J connectivity index is 0.000000187. The first-order chi connectivity index (χ1) is 4.89. The van der Waals surface area contributed by atoms with Gasteiger partial charge in [-0.1, -0.05) is 0 Å². The maximum atomic E-state index is 4.99. The zero-order chi connectivity index (χ0) is 8.91. The Kier molecular flexibility index (Phi) is 5.99. The number of nitrogens with zero attached hydrogens (tertiary/aromatic N) is 1. The average molecular weight is 252 g/mol. The van der Waals surface area contributed by atoms with Crippen LogP contribution in [0.3, 0.4) is 0 Å². The van der Waals surface area contributed by atoms with E-state index >= 15 is 0 Å². The number of aryl methyl sites for hydroxylation is 1. The number of aromatic nitrogens is 2. The van der Waals surface area contributed by atoms with Gasteiger partial charge in [-0.2, -0.15) is 0 Å². The van der Waals surface area contributed by atoms with Gasteiger partial charge in [0.1, 0.15) is 12.4 Å². The summed E-state index contributed by atoms with van der Waals surface area (Å²) < 4.78 is 1.94. The molecule has 2 nitrogen and oxygen atoms in total. The lowest BCUT2D eigenvalue weighted by atomic mass is 10.9. The van der Waals surface area contributed by atoms with E-state index in [1.807, 2.05) is 30.3 Å². The minimum Gasteiger partial charge on any atom is -0.391 e. The van der Waals surface area contributed by atoms with Crippen molar-refractivity contribution in [1.82, 2.24) is 4.98 Å². The van der Waals surface area contributed by atoms with E-state index in [1.165, 1.54) is 0 Å². The standard InChI is InChI=1S/C4H6N2.Al.4ClH/c1-6-3-2-5-4-6;;;;;/h2-4H,1H3;;4*1H/q;+3;;;;/p-3. The van der Waals surface area contributed by atoms with E-state index in [9.17, 15) is 0 Å². The summed E-state index contributed by atoms with van der Waals surface area (Å²) in [5.41, 5.74) is 0. The molecule has 0 unspecified atom stereocenters. The molecule has 0 spiro atoms. The molecule has 0 saturated carbocycles. The molecule has 0 atom stereocenters. The fraction of sp³-hybridized carbons (Fsp3) is 0.250. The quantitative estimate of drug-likeness (QED) is 0.539. The lowest BCUT2D eigenvalue weighted by Crippen LogP contribution is -2.22. The minimum atomic E-state index is -2.94. The number of aromatic amines is 1. The van der Waals surface area contributed by atoms with Gasteiger partial charge in [0.25, 0.3) is 0 Å². The van der Waals surface area contributed by atoms with Crippen LogP contribution in [-0.2, 0) is 7.05 Å². The zero-order valence-corrected chi connectivity index (χ0v) is 9.95. The third-order valence-corrected chi connectivity index (χ3v) is 0.684. The van der Waals surface area contributed by atoms with Gasteiger partial charge in [-0.25, -0.2) is 4.57 Å². The van der Waals surface area contributed by atoms with Crippen molar-refractivity contribution < 1.29 is 4.57 Å². The molecule has 11 heavy (non-hydrogen) atoms. The number of hydrogen-bond acceptors (Lipinski definition) is 0. The number of imidazole rings is 1. The third kappa shape index (κ3) is 13.8. The Labute approximate surface area is 84.5 Å². The highest BCUT2D eigenvalue weighted by Crippen LogP contribution is 2.23. The van der Waals surface area contributed by atoms with Crippen molar-refractivity contribution in [2.75, 3.05) is 0 Å². The van der Waals surface area contributed by atoms with Crippen molar-refractivity contribution in [3.05, 3.63) is 18.7 Å². The molecular formula is C4H7AlCl4N2. The van der Waals surface area contributed by atoms with Gasteiger partial charge >= 0.3 is 9.39 Å². The lowest BCUT2D eigenvalue weighted by Gasteiger charge is -1.97. The molecule has 0 amide bonds. The monoisotopic (exact) mass is 250 g/mol. The second kappa shape index (κ2) is 5.53. The van der Waals surface area contributed by atoms with Crippen LogP contribution in [0.5, 0.6) is 0 Å². The van der Waals surface area contributed by atoms with Crippen LogP contribution in [-0.4, -0.2) is 14.4 Å². The topological polar surface area (TPSA) is 19.7 Å². The highest BCUT2D eigenvalue weighted by atomic mass is 35.9. The van der Waals surface area contributed by atoms with Crippen molar-refractivity contribution in [3.8, 4) is 0 Å². The average Bonchev–Trinajstić information content (AvgIpc) is 2.12. The van der Waals surface area contributed by atoms with Gasteiger partial charge in [-0.05, 0) is 0 Å². The predicted octanol–water partition coefficient (Wildman–Crippen LogP) is 2.22. The molecular weight excluding hydrogens is 245 g/mol. The Bertz CT molecular complexity index is 176. The molecule has 0 aromatic carbocycles. The molecule has 0 radical (unpaired) electrons. The summed E-state index contributed by atoms with van der Waals surface area (Å²) in [7, 11) is 19.0. The van der Waals surface area contributed by atoms with Crippen LogP contribution in [0.4, 0.5) is 0 Å². The van der Waals surface area contributed by atoms with Crippen molar-refractivity contribution in [1.29, 1.82) is 0 Å². The van der Waals surface area contributed by atoms with Gasteiger partial charge < -0.3 is 40.2 Å². The Morgan fingerprint density at radius 2 is 1.73 bits per heavy atom. The van der Waals surface area contributed by atoms with Crippen LogP contribution in [0, 0.1) is 0 Å². The minimum absolute atomic E-state index is 1.88. The zero-order valence-electron chi connectivity index (χ0n) is 5.77. The van der Waals surface area contributed by atoms with E-state index in [0.717, 1.165) is 0 Å². The number of rotatable bonds is 0. The fourth-order valence-corrected chi connectivity index (χ4v) is 0.364. The third-order valence-electron chi connectivity index (χ3n) is 0.684. The van der Waals surface area contributed by atoms with Crippen LogP contribution in [0.2, 0.25) is 0 Å². The van der Waals surface area contributed by atoms with Crippen molar-refractivity contribution in [2.24, 2.45) is 7.05 Å². The first kappa shape index (κ1) is 11.9. The summed E-state index contributed by atoms with van der Waals surface area (Å²) >= 11 is 0. The van der Waals surface area contributed by atoms with E-state index < -0.39 is 9.39 Å². The van der Waals surface area contributed by atoms with Gasteiger partial charge in [0, 0.05) is 0 Å². The molecule has 1 aromatic rings. The van der Waals surface area contributed by atoms with Gasteiger partial charge in [0.2, 0.25) is 6.33 Å². The van der Waals surface area contributed by atoms with Gasteiger partial charge in [0.15, 0.2) is 0 Å². The highest BCUT2D eigenvalue weighted by Gasteiger charge is 2.14. The lowest BCUT2D eigenvalue weighted by molar-refractivity contribution is -0.670. The van der Waals surface area contributed by atoms with Crippen LogP contribution in [0.25, 0.3) is 0 Å².